The third-order valence-electron chi connectivity index (χ3n) is 3.67. The summed E-state index contributed by atoms with van der Waals surface area (Å²) in [6, 6.07) is 7.53. The first kappa shape index (κ1) is 14.7. The second-order valence-corrected chi connectivity index (χ2v) is 6.10. The van der Waals surface area contributed by atoms with Crippen LogP contribution in [0.3, 0.4) is 0 Å². The zero-order valence-electron chi connectivity index (χ0n) is 11.0. The van der Waals surface area contributed by atoms with Gasteiger partial charge >= 0.3 is 0 Å². The highest BCUT2D eigenvalue weighted by molar-refractivity contribution is 9.10. The average molecular weight is 326 g/mol. The Balaban J connectivity index is 1.89. The Bertz CT molecular complexity index is 417. The molecule has 0 aromatic heterocycles. The third kappa shape index (κ3) is 4.41. The highest BCUT2D eigenvalue weighted by Crippen LogP contribution is 2.19. The molecule has 1 fully saturated rings. The van der Waals surface area contributed by atoms with Gasteiger partial charge in [0.25, 0.3) is 0 Å². The fourth-order valence-electron chi connectivity index (χ4n) is 2.64. The SMILES string of the molecule is O=C(CN1CCCC(CCO)C1)c1ccc(Br)cc1. The number of carbonyl (C=O) groups excluding carboxylic acids is 1. The highest BCUT2D eigenvalue weighted by Gasteiger charge is 2.21. The number of carbonyl (C=O) groups is 1. The van der Waals surface area contributed by atoms with Crippen LogP contribution >= 0.6 is 15.9 Å². The summed E-state index contributed by atoms with van der Waals surface area (Å²) >= 11 is 3.37. The third-order valence-corrected chi connectivity index (χ3v) is 4.20. The van der Waals surface area contributed by atoms with Crippen LogP contribution in [0, 0.1) is 5.92 Å². The summed E-state index contributed by atoms with van der Waals surface area (Å²) in [5, 5.41) is 9.00. The molecule has 1 N–H and O–H groups in total. The van der Waals surface area contributed by atoms with E-state index in [1.807, 2.05) is 24.3 Å². The van der Waals surface area contributed by atoms with Gasteiger partial charge in [-0.15, -0.1) is 0 Å². The van der Waals surface area contributed by atoms with Crippen LogP contribution in [0.1, 0.15) is 29.6 Å². The smallest absolute Gasteiger partial charge is 0.176 e. The van der Waals surface area contributed by atoms with Gasteiger partial charge in [-0.2, -0.15) is 0 Å². The molecule has 3 nitrogen and oxygen atoms in total. The monoisotopic (exact) mass is 325 g/mol. The molecule has 104 valence electrons. The van der Waals surface area contributed by atoms with Gasteiger partial charge in [0.2, 0.25) is 0 Å². The first-order chi connectivity index (χ1) is 9.19. The molecule has 1 aromatic carbocycles. The van der Waals surface area contributed by atoms with E-state index in [0.29, 0.717) is 12.5 Å². The van der Waals surface area contributed by atoms with E-state index in [1.165, 1.54) is 6.42 Å². The van der Waals surface area contributed by atoms with Crippen molar-refractivity contribution < 1.29 is 9.90 Å². The molecule has 4 heteroatoms. The largest absolute Gasteiger partial charge is 0.396 e. The number of hydrogen-bond donors (Lipinski definition) is 1. The molecule has 0 bridgehead atoms. The van der Waals surface area contributed by atoms with Gasteiger partial charge in [0.1, 0.15) is 0 Å². The van der Waals surface area contributed by atoms with E-state index in [9.17, 15) is 4.79 Å². The summed E-state index contributed by atoms with van der Waals surface area (Å²) in [5.74, 6) is 0.716. The van der Waals surface area contributed by atoms with Crippen molar-refractivity contribution >= 4 is 21.7 Å². The fraction of sp³-hybridized carbons (Fsp3) is 0.533. The maximum Gasteiger partial charge on any atom is 0.176 e. The number of rotatable bonds is 5. The lowest BCUT2D eigenvalue weighted by Crippen LogP contribution is -2.39. The standard InChI is InChI=1S/C15H20BrNO2/c16-14-5-3-13(4-6-14)15(19)11-17-8-1-2-12(10-17)7-9-18/h3-6,12,18H,1-2,7-11H2. The van der Waals surface area contributed by atoms with Gasteiger partial charge in [0.15, 0.2) is 5.78 Å². The second kappa shape index (κ2) is 7.17. The Morgan fingerprint density at radius 1 is 1.37 bits per heavy atom. The van der Waals surface area contributed by atoms with Gasteiger partial charge in [-0.05, 0) is 43.9 Å². The van der Waals surface area contributed by atoms with Gasteiger partial charge in [-0.25, -0.2) is 0 Å². The number of ketones is 1. The molecule has 2 rings (SSSR count). The molecule has 19 heavy (non-hydrogen) atoms. The van der Waals surface area contributed by atoms with Gasteiger partial charge in [-0.1, -0.05) is 28.1 Å². The molecule has 0 radical (unpaired) electrons. The second-order valence-electron chi connectivity index (χ2n) is 5.19. The quantitative estimate of drug-likeness (QED) is 0.846. The lowest BCUT2D eigenvalue weighted by atomic mass is 9.95. The number of aliphatic hydroxyl groups excluding tert-OH is 1. The minimum Gasteiger partial charge on any atom is -0.396 e. The van der Waals surface area contributed by atoms with E-state index in [0.717, 1.165) is 36.0 Å². The molecular weight excluding hydrogens is 306 g/mol. The van der Waals surface area contributed by atoms with Crippen LogP contribution in [0.5, 0.6) is 0 Å². The summed E-state index contributed by atoms with van der Waals surface area (Å²) in [5.41, 5.74) is 0.771. The normalized spacial score (nSPS) is 20.4. The van der Waals surface area contributed by atoms with E-state index in [1.54, 1.807) is 0 Å². The molecule has 0 aliphatic carbocycles. The lowest BCUT2D eigenvalue weighted by Gasteiger charge is -2.31. The van der Waals surface area contributed by atoms with Crippen molar-refractivity contribution in [2.24, 2.45) is 5.92 Å². The number of piperidine rings is 1. The molecule has 0 saturated carbocycles. The molecular formula is C15H20BrNO2. The summed E-state index contributed by atoms with van der Waals surface area (Å²) in [6.45, 7) is 2.66. The van der Waals surface area contributed by atoms with Gasteiger partial charge in [-0.3, -0.25) is 9.69 Å². The maximum absolute atomic E-state index is 12.2. The van der Waals surface area contributed by atoms with E-state index >= 15 is 0 Å². The van der Waals surface area contributed by atoms with Crippen molar-refractivity contribution in [1.29, 1.82) is 0 Å². The van der Waals surface area contributed by atoms with Crippen LogP contribution < -0.4 is 0 Å². The van der Waals surface area contributed by atoms with Crippen molar-refractivity contribution in [2.75, 3.05) is 26.2 Å². The van der Waals surface area contributed by atoms with Crippen molar-refractivity contribution in [2.45, 2.75) is 19.3 Å². The first-order valence-corrected chi connectivity index (χ1v) is 7.60. The van der Waals surface area contributed by atoms with Gasteiger partial charge in [0.05, 0.1) is 6.54 Å². The predicted octanol–water partition coefficient (Wildman–Crippen LogP) is 2.73. The van der Waals surface area contributed by atoms with E-state index in [2.05, 4.69) is 20.8 Å². The first-order valence-electron chi connectivity index (χ1n) is 6.81. The van der Waals surface area contributed by atoms with Crippen LogP contribution in [0.25, 0.3) is 0 Å². The van der Waals surface area contributed by atoms with Crippen LogP contribution in [-0.4, -0.2) is 42.0 Å². The number of halogens is 1. The number of likely N-dealkylation sites (tertiary alicyclic amines) is 1. The molecule has 1 saturated heterocycles. The number of aliphatic hydroxyl groups is 1. The van der Waals surface area contributed by atoms with Gasteiger partial charge < -0.3 is 5.11 Å². The molecule has 1 atom stereocenters. The molecule has 0 spiro atoms. The number of Topliss-reactive ketones (excluding diaryl/α,β-unsaturated/α-hetero) is 1. The Labute approximate surface area is 122 Å². The van der Waals surface area contributed by atoms with E-state index < -0.39 is 0 Å². The average Bonchev–Trinajstić information content (AvgIpc) is 2.40. The fourth-order valence-corrected chi connectivity index (χ4v) is 2.91. The number of nitrogens with zero attached hydrogens (tertiary/aromatic N) is 1. The lowest BCUT2D eigenvalue weighted by molar-refractivity contribution is 0.0871. The molecule has 1 aromatic rings. The summed E-state index contributed by atoms with van der Waals surface area (Å²) < 4.78 is 0.991. The van der Waals surface area contributed by atoms with Crippen LogP contribution in [-0.2, 0) is 0 Å². The highest BCUT2D eigenvalue weighted by atomic mass is 79.9. The summed E-state index contributed by atoms with van der Waals surface area (Å²) in [4.78, 5) is 14.4. The van der Waals surface area contributed by atoms with Crippen molar-refractivity contribution in [1.82, 2.24) is 4.90 Å². The molecule has 1 heterocycles. The zero-order chi connectivity index (χ0) is 13.7. The molecule has 1 aliphatic heterocycles. The summed E-state index contributed by atoms with van der Waals surface area (Å²) in [6.07, 6.45) is 3.14. The van der Waals surface area contributed by atoms with E-state index in [4.69, 9.17) is 5.11 Å². The Kier molecular flexibility index (Phi) is 5.55. The zero-order valence-corrected chi connectivity index (χ0v) is 12.6. The van der Waals surface area contributed by atoms with Gasteiger partial charge in [0, 0.05) is 23.2 Å². The predicted molar refractivity (Wildman–Crippen MR) is 79.3 cm³/mol. The Hall–Kier alpha value is -0.710. The van der Waals surface area contributed by atoms with Crippen LogP contribution in [0.15, 0.2) is 28.7 Å². The minimum absolute atomic E-state index is 0.178. The minimum atomic E-state index is 0.178. The topological polar surface area (TPSA) is 40.5 Å². The molecule has 1 unspecified atom stereocenters. The number of benzene rings is 1. The van der Waals surface area contributed by atoms with Crippen LogP contribution in [0.4, 0.5) is 0 Å². The Morgan fingerprint density at radius 2 is 2.11 bits per heavy atom. The number of hydrogen-bond acceptors (Lipinski definition) is 3. The Morgan fingerprint density at radius 3 is 2.79 bits per heavy atom. The van der Waals surface area contributed by atoms with Crippen LogP contribution in [0.2, 0.25) is 0 Å². The van der Waals surface area contributed by atoms with Crippen molar-refractivity contribution in [3.05, 3.63) is 34.3 Å². The molecule has 1 aliphatic rings. The molecule has 0 amide bonds. The maximum atomic E-state index is 12.2. The summed E-state index contributed by atoms with van der Waals surface area (Å²) in [7, 11) is 0. The van der Waals surface area contributed by atoms with Crippen molar-refractivity contribution in [3.63, 3.8) is 0 Å². The van der Waals surface area contributed by atoms with E-state index in [-0.39, 0.29) is 12.4 Å². The van der Waals surface area contributed by atoms with Crippen molar-refractivity contribution in [3.8, 4) is 0 Å².